The van der Waals surface area contributed by atoms with Crippen LogP contribution < -0.4 is 5.32 Å². The molecule has 0 bridgehead atoms. The average molecular weight is 318 g/mol. The minimum atomic E-state index is -0.414. The van der Waals surface area contributed by atoms with E-state index in [9.17, 15) is 5.11 Å². The van der Waals surface area contributed by atoms with E-state index in [1.807, 2.05) is 0 Å². The van der Waals surface area contributed by atoms with Gasteiger partial charge in [-0.2, -0.15) is 0 Å². The Bertz CT molecular complexity index is 483. The van der Waals surface area contributed by atoms with Gasteiger partial charge in [-0.15, -0.1) is 0 Å². The molecule has 0 radical (unpaired) electrons. The largest absolute Gasteiger partial charge is 0.389 e. The quantitative estimate of drug-likeness (QED) is 0.802. The number of likely N-dealkylation sites (N-methyl/N-ethyl adjacent to an activating group) is 1. The summed E-state index contributed by atoms with van der Waals surface area (Å²) in [6.07, 6.45) is 4.02. The lowest BCUT2D eigenvalue weighted by molar-refractivity contribution is 0.0197. The van der Waals surface area contributed by atoms with E-state index in [4.69, 9.17) is 4.74 Å². The average Bonchev–Trinajstić information content (AvgIpc) is 3.10. The second-order valence-corrected chi connectivity index (χ2v) is 7.13. The molecule has 23 heavy (non-hydrogen) atoms. The monoisotopic (exact) mass is 318 g/mol. The third-order valence-electron chi connectivity index (χ3n) is 5.17. The molecule has 0 amide bonds. The highest BCUT2D eigenvalue weighted by Crippen LogP contribution is 2.24. The molecule has 1 heterocycles. The number of nitrogens with zero attached hydrogens (tertiary/aromatic N) is 1. The highest BCUT2D eigenvalue weighted by Gasteiger charge is 2.38. The zero-order valence-corrected chi connectivity index (χ0v) is 14.4. The summed E-state index contributed by atoms with van der Waals surface area (Å²) >= 11 is 0. The molecule has 2 N–H and O–H groups in total. The van der Waals surface area contributed by atoms with Crippen LogP contribution in [0.4, 0.5) is 0 Å². The Hall–Kier alpha value is -0.940. The van der Waals surface area contributed by atoms with Crippen molar-refractivity contribution in [2.45, 2.75) is 56.9 Å². The van der Waals surface area contributed by atoms with Crippen molar-refractivity contribution in [3.8, 4) is 0 Å². The molecule has 0 aromatic heterocycles. The van der Waals surface area contributed by atoms with E-state index in [-0.39, 0.29) is 12.1 Å². The maximum Gasteiger partial charge on any atom is 0.0989 e. The van der Waals surface area contributed by atoms with Crippen LogP contribution in [0.15, 0.2) is 24.3 Å². The summed E-state index contributed by atoms with van der Waals surface area (Å²) in [4.78, 5) is 2.27. The van der Waals surface area contributed by atoms with Gasteiger partial charge in [0.1, 0.15) is 0 Å². The van der Waals surface area contributed by atoms with Gasteiger partial charge in [-0.3, -0.25) is 0 Å². The first-order valence-electron chi connectivity index (χ1n) is 8.98. The summed E-state index contributed by atoms with van der Waals surface area (Å²) in [6.45, 7) is 4.69. The van der Waals surface area contributed by atoms with Crippen molar-refractivity contribution >= 4 is 0 Å². The zero-order valence-electron chi connectivity index (χ0n) is 14.4. The number of nitrogens with one attached hydrogen (secondary N) is 1. The third-order valence-corrected chi connectivity index (χ3v) is 5.17. The van der Waals surface area contributed by atoms with E-state index in [0.717, 1.165) is 25.9 Å². The van der Waals surface area contributed by atoms with Crippen molar-refractivity contribution in [3.05, 3.63) is 35.4 Å². The minimum absolute atomic E-state index is 0.0545. The molecule has 3 rings (SSSR count). The first-order valence-corrected chi connectivity index (χ1v) is 8.98. The minimum Gasteiger partial charge on any atom is -0.389 e. The molecule has 0 saturated carbocycles. The fourth-order valence-electron chi connectivity index (χ4n) is 3.80. The number of hydrogen-bond acceptors (Lipinski definition) is 4. The van der Waals surface area contributed by atoms with E-state index >= 15 is 0 Å². The normalized spacial score (nSPS) is 27.7. The molecule has 1 fully saturated rings. The van der Waals surface area contributed by atoms with Crippen LogP contribution in [-0.2, 0) is 17.6 Å². The van der Waals surface area contributed by atoms with Crippen LogP contribution >= 0.6 is 0 Å². The van der Waals surface area contributed by atoms with Crippen molar-refractivity contribution in [1.82, 2.24) is 10.2 Å². The highest BCUT2D eigenvalue weighted by atomic mass is 16.5. The molecule has 0 spiro atoms. The van der Waals surface area contributed by atoms with Gasteiger partial charge in [0, 0.05) is 12.6 Å². The molecule has 3 atom stereocenters. The van der Waals surface area contributed by atoms with E-state index in [1.54, 1.807) is 0 Å². The van der Waals surface area contributed by atoms with E-state index in [2.05, 4.69) is 48.5 Å². The first-order chi connectivity index (χ1) is 11.2. The number of unbranched alkanes of at least 4 members (excludes halogenated alkanes) is 1. The molecule has 4 nitrogen and oxygen atoms in total. The Balaban J connectivity index is 1.47. The molecule has 1 aliphatic carbocycles. The van der Waals surface area contributed by atoms with Gasteiger partial charge >= 0.3 is 0 Å². The molecular formula is C19H30N2O2. The maximum absolute atomic E-state index is 10.6. The predicted octanol–water partition coefficient (Wildman–Crippen LogP) is 1.60. The molecule has 1 aromatic rings. The smallest absolute Gasteiger partial charge is 0.0989 e. The summed E-state index contributed by atoms with van der Waals surface area (Å²) in [6, 6.07) is 9.12. The van der Waals surface area contributed by atoms with E-state index in [1.165, 1.54) is 24.0 Å². The van der Waals surface area contributed by atoms with Crippen LogP contribution in [0.5, 0.6) is 0 Å². The van der Waals surface area contributed by atoms with Crippen molar-refractivity contribution in [2.75, 3.05) is 26.7 Å². The third kappa shape index (κ3) is 4.13. The Labute approximate surface area is 139 Å². The molecule has 4 heteroatoms. The van der Waals surface area contributed by atoms with Gasteiger partial charge in [0.05, 0.1) is 24.9 Å². The van der Waals surface area contributed by atoms with Crippen LogP contribution in [0.2, 0.25) is 0 Å². The van der Waals surface area contributed by atoms with Gasteiger partial charge in [-0.1, -0.05) is 37.6 Å². The van der Waals surface area contributed by atoms with Gasteiger partial charge in [0.25, 0.3) is 0 Å². The lowest BCUT2D eigenvalue weighted by Crippen LogP contribution is -2.48. The van der Waals surface area contributed by atoms with Crippen molar-refractivity contribution in [1.29, 1.82) is 0 Å². The SMILES string of the molecule is CCCCN(C)CC1OCC(NC2Cc3ccccc3C2)C1O. The maximum atomic E-state index is 10.6. The van der Waals surface area contributed by atoms with Crippen molar-refractivity contribution in [2.24, 2.45) is 0 Å². The van der Waals surface area contributed by atoms with E-state index < -0.39 is 6.10 Å². The molecule has 1 saturated heterocycles. The zero-order chi connectivity index (χ0) is 16.2. The molecule has 1 aliphatic heterocycles. The van der Waals surface area contributed by atoms with Crippen molar-refractivity contribution in [3.63, 3.8) is 0 Å². The Morgan fingerprint density at radius 3 is 2.61 bits per heavy atom. The summed E-state index contributed by atoms with van der Waals surface area (Å²) < 4.78 is 5.86. The Morgan fingerprint density at radius 2 is 1.96 bits per heavy atom. The molecule has 128 valence electrons. The topological polar surface area (TPSA) is 44.7 Å². The van der Waals surface area contributed by atoms with Crippen LogP contribution in [0.1, 0.15) is 30.9 Å². The first kappa shape index (κ1) is 16.9. The second kappa shape index (κ2) is 7.75. The van der Waals surface area contributed by atoms with Gasteiger partial charge < -0.3 is 20.1 Å². The van der Waals surface area contributed by atoms with Crippen LogP contribution in [0.25, 0.3) is 0 Å². The number of hydrogen-bond donors (Lipinski definition) is 2. The lowest BCUT2D eigenvalue weighted by atomic mass is 10.1. The summed E-state index contributed by atoms with van der Waals surface area (Å²) in [5.41, 5.74) is 2.88. The Kier molecular flexibility index (Phi) is 5.70. The lowest BCUT2D eigenvalue weighted by Gasteiger charge is -2.25. The summed E-state index contributed by atoms with van der Waals surface area (Å²) in [7, 11) is 2.11. The molecule has 3 unspecified atom stereocenters. The number of benzene rings is 1. The second-order valence-electron chi connectivity index (χ2n) is 7.13. The Morgan fingerprint density at radius 1 is 1.26 bits per heavy atom. The number of ether oxygens (including phenoxy) is 1. The van der Waals surface area contributed by atoms with Gasteiger partial charge in [-0.25, -0.2) is 0 Å². The number of rotatable bonds is 7. The molecular weight excluding hydrogens is 288 g/mol. The van der Waals surface area contributed by atoms with Crippen LogP contribution in [-0.4, -0.2) is 61.0 Å². The standard InChI is InChI=1S/C19H30N2O2/c1-3-4-9-21(2)12-18-19(22)17(13-23-18)20-16-10-14-7-5-6-8-15(14)11-16/h5-8,16-20,22H,3-4,9-13H2,1-2H3. The van der Waals surface area contributed by atoms with Crippen LogP contribution in [0.3, 0.4) is 0 Å². The number of aliphatic hydroxyl groups is 1. The highest BCUT2D eigenvalue weighted by molar-refractivity contribution is 5.33. The summed E-state index contributed by atoms with van der Waals surface area (Å²) in [5.74, 6) is 0. The van der Waals surface area contributed by atoms with Crippen molar-refractivity contribution < 1.29 is 9.84 Å². The molecule has 2 aliphatic rings. The van der Waals surface area contributed by atoms with Gasteiger partial charge in [0.15, 0.2) is 0 Å². The fourth-order valence-corrected chi connectivity index (χ4v) is 3.80. The van der Waals surface area contributed by atoms with Gasteiger partial charge in [-0.05, 0) is 44.0 Å². The number of fused-ring (bicyclic) bond motifs is 1. The fraction of sp³-hybridized carbons (Fsp3) is 0.684. The predicted molar refractivity (Wildman–Crippen MR) is 92.7 cm³/mol. The van der Waals surface area contributed by atoms with Crippen LogP contribution in [0, 0.1) is 0 Å². The van der Waals surface area contributed by atoms with Gasteiger partial charge in [0.2, 0.25) is 0 Å². The summed E-state index contributed by atoms with van der Waals surface area (Å²) in [5, 5.41) is 14.2. The molecule has 1 aromatic carbocycles. The van der Waals surface area contributed by atoms with E-state index in [0.29, 0.717) is 12.6 Å². The number of aliphatic hydroxyl groups excluding tert-OH is 1.